The van der Waals surface area contributed by atoms with E-state index in [2.05, 4.69) is 10.6 Å². The molecule has 4 N–H and O–H groups in total. The normalized spacial score (nSPS) is 19.1. The van der Waals surface area contributed by atoms with Crippen LogP contribution in [0.15, 0.2) is 42.5 Å². The van der Waals surface area contributed by atoms with Crippen molar-refractivity contribution < 1.29 is 29.4 Å². The molecular weight excluding hydrogens is 438 g/mol. The maximum absolute atomic E-state index is 13.0. The molecule has 2 aliphatic rings. The Bertz CT molecular complexity index is 1160. The molecule has 2 aliphatic heterocycles. The Balaban J connectivity index is 1.52. The molecule has 2 atom stereocenters. The SMILES string of the molecule is CC(C)(NCc1ccc(C(O)c2cccc3c2CN(C2CCC(=O)NC2=O)C3=O)cc1)C(=O)O. The number of amides is 3. The summed E-state index contributed by atoms with van der Waals surface area (Å²) in [4.78, 5) is 49.5. The number of carboxylic acid groups (broad SMARTS) is 1. The van der Waals surface area contributed by atoms with Crippen molar-refractivity contribution in [2.75, 3.05) is 0 Å². The van der Waals surface area contributed by atoms with Gasteiger partial charge in [-0.3, -0.25) is 29.8 Å². The number of aliphatic hydroxyl groups excluding tert-OH is 1. The topological polar surface area (TPSA) is 136 Å². The zero-order chi connectivity index (χ0) is 24.6. The van der Waals surface area contributed by atoms with E-state index in [-0.39, 0.29) is 31.2 Å². The third kappa shape index (κ3) is 4.44. The molecule has 0 aliphatic carbocycles. The van der Waals surface area contributed by atoms with Gasteiger partial charge in [0, 0.05) is 25.1 Å². The Morgan fingerprint density at radius 2 is 1.88 bits per heavy atom. The first-order valence-corrected chi connectivity index (χ1v) is 11.1. The highest BCUT2D eigenvalue weighted by Gasteiger charge is 2.40. The van der Waals surface area contributed by atoms with E-state index in [0.29, 0.717) is 28.8 Å². The first kappa shape index (κ1) is 23.6. The van der Waals surface area contributed by atoms with Crippen LogP contribution < -0.4 is 10.6 Å². The predicted molar refractivity (Wildman–Crippen MR) is 122 cm³/mol. The van der Waals surface area contributed by atoms with E-state index in [1.165, 1.54) is 4.90 Å². The second-order valence-corrected chi connectivity index (χ2v) is 9.20. The number of hydrogen-bond acceptors (Lipinski definition) is 6. The number of benzene rings is 2. The minimum Gasteiger partial charge on any atom is -0.480 e. The summed E-state index contributed by atoms with van der Waals surface area (Å²) in [6, 6.07) is 11.6. The van der Waals surface area contributed by atoms with E-state index in [1.54, 1.807) is 44.2 Å². The quantitative estimate of drug-likeness (QED) is 0.455. The van der Waals surface area contributed by atoms with Crippen LogP contribution in [0.5, 0.6) is 0 Å². The molecule has 0 bridgehead atoms. The first-order valence-electron chi connectivity index (χ1n) is 11.1. The molecule has 1 saturated heterocycles. The lowest BCUT2D eigenvalue weighted by Gasteiger charge is -2.29. The summed E-state index contributed by atoms with van der Waals surface area (Å²) >= 11 is 0. The molecule has 9 nitrogen and oxygen atoms in total. The van der Waals surface area contributed by atoms with Gasteiger partial charge in [-0.05, 0) is 48.6 Å². The van der Waals surface area contributed by atoms with Gasteiger partial charge in [-0.1, -0.05) is 36.4 Å². The highest BCUT2D eigenvalue weighted by Crippen LogP contribution is 2.34. The minimum absolute atomic E-state index is 0.177. The van der Waals surface area contributed by atoms with Gasteiger partial charge in [0.1, 0.15) is 17.7 Å². The summed E-state index contributed by atoms with van der Waals surface area (Å²) in [5, 5.41) is 25.6. The predicted octanol–water partition coefficient (Wildman–Crippen LogP) is 1.48. The smallest absolute Gasteiger partial charge is 0.323 e. The van der Waals surface area contributed by atoms with Crippen LogP contribution in [0.3, 0.4) is 0 Å². The molecule has 0 aromatic heterocycles. The molecule has 4 rings (SSSR count). The fraction of sp³-hybridized carbons (Fsp3) is 0.360. The summed E-state index contributed by atoms with van der Waals surface area (Å²) in [5.41, 5.74) is 2.11. The van der Waals surface area contributed by atoms with Crippen molar-refractivity contribution in [1.29, 1.82) is 0 Å². The van der Waals surface area contributed by atoms with E-state index < -0.39 is 29.6 Å². The lowest BCUT2D eigenvalue weighted by atomic mass is 9.94. The number of nitrogens with zero attached hydrogens (tertiary/aromatic N) is 1. The molecule has 0 saturated carbocycles. The number of piperidine rings is 1. The third-order valence-corrected chi connectivity index (χ3v) is 6.48. The zero-order valence-electron chi connectivity index (χ0n) is 19.0. The van der Waals surface area contributed by atoms with Crippen molar-refractivity contribution in [3.63, 3.8) is 0 Å². The highest BCUT2D eigenvalue weighted by molar-refractivity contribution is 6.05. The summed E-state index contributed by atoms with van der Waals surface area (Å²) < 4.78 is 0. The van der Waals surface area contributed by atoms with Crippen molar-refractivity contribution in [3.05, 3.63) is 70.3 Å². The van der Waals surface area contributed by atoms with Gasteiger partial charge < -0.3 is 15.1 Å². The van der Waals surface area contributed by atoms with Crippen LogP contribution in [0.1, 0.15) is 65.4 Å². The molecular formula is C25H27N3O6. The van der Waals surface area contributed by atoms with Crippen molar-refractivity contribution in [1.82, 2.24) is 15.5 Å². The molecule has 3 amide bonds. The molecule has 2 aromatic carbocycles. The van der Waals surface area contributed by atoms with Gasteiger partial charge in [0.05, 0.1) is 0 Å². The molecule has 1 fully saturated rings. The number of fused-ring (bicyclic) bond motifs is 1. The fourth-order valence-electron chi connectivity index (χ4n) is 4.26. The van der Waals surface area contributed by atoms with E-state index in [0.717, 1.165) is 5.56 Å². The summed E-state index contributed by atoms with van der Waals surface area (Å²) in [7, 11) is 0. The maximum Gasteiger partial charge on any atom is 0.323 e. The molecule has 2 aromatic rings. The van der Waals surface area contributed by atoms with Gasteiger partial charge in [-0.2, -0.15) is 0 Å². The van der Waals surface area contributed by atoms with Crippen LogP contribution in [0.2, 0.25) is 0 Å². The molecule has 0 spiro atoms. The van der Waals surface area contributed by atoms with E-state index in [9.17, 15) is 29.4 Å². The van der Waals surface area contributed by atoms with Gasteiger partial charge in [-0.25, -0.2) is 0 Å². The van der Waals surface area contributed by atoms with Crippen LogP contribution >= 0.6 is 0 Å². The van der Waals surface area contributed by atoms with Gasteiger partial charge in [0.15, 0.2) is 0 Å². The van der Waals surface area contributed by atoms with Crippen LogP contribution in [0.25, 0.3) is 0 Å². The fourth-order valence-corrected chi connectivity index (χ4v) is 4.26. The Morgan fingerprint density at radius 1 is 1.18 bits per heavy atom. The third-order valence-electron chi connectivity index (χ3n) is 6.48. The molecule has 9 heteroatoms. The number of aliphatic hydroxyl groups is 1. The first-order chi connectivity index (χ1) is 16.1. The largest absolute Gasteiger partial charge is 0.480 e. The summed E-state index contributed by atoms with van der Waals surface area (Å²) in [6.45, 7) is 3.71. The van der Waals surface area contributed by atoms with Crippen molar-refractivity contribution in [2.45, 2.75) is 57.5 Å². The number of carbonyl (C=O) groups excluding carboxylic acids is 3. The maximum atomic E-state index is 13.0. The van der Waals surface area contributed by atoms with Gasteiger partial charge >= 0.3 is 5.97 Å². The van der Waals surface area contributed by atoms with E-state index >= 15 is 0 Å². The summed E-state index contributed by atoms with van der Waals surface area (Å²) in [6.07, 6.45) is -0.533. The van der Waals surface area contributed by atoms with E-state index in [4.69, 9.17) is 0 Å². The number of imide groups is 1. The number of rotatable bonds is 7. The molecule has 178 valence electrons. The number of hydrogen-bond donors (Lipinski definition) is 4. The Labute approximate surface area is 196 Å². The Morgan fingerprint density at radius 3 is 2.53 bits per heavy atom. The number of nitrogens with one attached hydrogen (secondary N) is 2. The van der Waals surface area contributed by atoms with E-state index in [1.807, 2.05) is 12.1 Å². The van der Waals surface area contributed by atoms with Crippen LogP contribution in [0.4, 0.5) is 0 Å². The Kier molecular flexibility index (Phi) is 6.24. The van der Waals surface area contributed by atoms with Crippen molar-refractivity contribution in [3.8, 4) is 0 Å². The van der Waals surface area contributed by atoms with Gasteiger partial charge in [0.2, 0.25) is 11.8 Å². The zero-order valence-corrected chi connectivity index (χ0v) is 19.0. The van der Waals surface area contributed by atoms with Crippen LogP contribution in [-0.4, -0.2) is 50.4 Å². The number of carbonyl (C=O) groups is 4. The summed E-state index contributed by atoms with van der Waals surface area (Å²) in [5.74, 6) is -2.05. The van der Waals surface area contributed by atoms with Crippen molar-refractivity contribution >= 4 is 23.7 Å². The van der Waals surface area contributed by atoms with Crippen molar-refractivity contribution in [2.24, 2.45) is 0 Å². The second kappa shape index (κ2) is 9.00. The second-order valence-electron chi connectivity index (χ2n) is 9.20. The highest BCUT2D eigenvalue weighted by atomic mass is 16.4. The number of carboxylic acids is 1. The van der Waals surface area contributed by atoms with Crippen LogP contribution in [-0.2, 0) is 27.5 Å². The Hall–Kier alpha value is -3.56. The average molecular weight is 466 g/mol. The minimum atomic E-state index is -1.07. The monoisotopic (exact) mass is 465 g/mol. The standard InChI is InChI=1S/C25H27N3O6/c1-25(2,24(33)34)26-12-14-6-8-15(9-7-14)21(30)16-4-3-5-17-18(16)13-28(23(17)32)19-10-11-20(29)27-22(19)31/h3-9,19,21,26,30H,10-13H2,1-2H3,(H,33,34)(H,27,29,31). The van der Waals surface area contributed by atoms with Gasteiger partial charge in [-0.15, -0.1) is 0 Å². The van der Waals surface area contributed by atoms with Gasteiger partial charge in [0.25, 0.3) is 5.91 Å². The molecule has 0 radical (unpaired) electrons. The number of aliphatic carboxylic acids is 1. The lowest BCUT2D eigenvalue weighted by molar-refractivity contribution is -0.143. The average Bonchev–Trinajstić information content (AvgIpc) is 3.14. The molecule has 34 heavy (non-hydrogen) atoms. The molecule has 2 heterocycles. The lowest BCUT2D eigenvalue weighted by Crippen LogP contribution is -2.52. The van der Waals surface area contributed by atoms with Crippen LogP contribution in [0, 0.1) is 0 Å². The molecule has 2 unspecified atom stereocenters.